The maximum Gasteiger partial charge on any atom is 0.232 e. The van der Waals surface area contributed by atoms with Crippen LogP contribution in [0.1, 0.15) is 6.92 Å². The number of sulfonamides is 1. The average Bonchev–Trinajstić information content (AvgIpc) is 3.44. The first-order valence-corrected chi connectivity index (χ1v) is 12.3. The minimum atomic E-state index is -3.61. The highest BCUT2D eigenvalue weighted by Gasteiger charge is 2.16. The first-order chi connectivity index (χ1) is 16.7. The number of nitrogens with one attached hydrogen (secondary N) is 1. The lowest BCUT2D eigenvalue weighted by Gasteiger charge is -2.12. The van der Waals surface area contributed by atoms with Crippen LogP contribution < -0.4 is 4.72 Å². The number of hydrogen-bond donors (Lipinski definition) is 1. The largest absolute Gasteiger partial charge is 0.300 e. The van der Waals surface area contributed by atoms with Crippen LogP contribution in [0.5, 0.6) is 0 Å². The Labute approximate surface area is 200 Å². The second kappa shape index (κ2) is 8.58. The Morgan fingerprint density at radius 2 is 1.74 bits per heavy atom. The molecule has 0 unspecified atom stereocenters. The van der Waals surface area contributed by atoms with Gasteiger partial charge in [-0.25, -0.2) is 22.2 Å². The van der Waals surface area contributed by atoms with E-state index in [1.54, 1.807) is 29.2 Å². The molecule has 4 heterocycles. The summed E-state index contributed by atoms with van der Waals surface area (Å²) in [5, 5.41) is 4.20. The Hall–Kier alpha value is -4.12. The van der Waals surface area contributed by atoms with E-state index in [0.29, 0.717) is 16.9 Å². The summed E-state index contributed by atoms with van der Waals surface area (Å²) in [6.07, 6.45) is 8.06. The Morgan fingerprint density at radius 1 is 0.943 bits per heavy atom. The molecule has 35 heavy (non-hydrogen) atoms. The molecule has 0 atom stereocenters. The molecule has 11 heteroatoms. The Bertz CT molecular complexity index is 1680. The number of pyridine rings is 2. The van der Waals surface area contributed by atoms with Crippen LogP contribution >= 0.6 is 0 Å². The number of nitrogens with zero attached hydrogens (tertiary/aromatic N) is 5. The summed E-state index contributed by atoms with van der Waals surface area (Å²) in [6, 6.07) is 9.32. The van der Waals surface area contributed by atoms with Crippen molar-refractivity contribution in [1.82, 2.24) is 24.1 Å². The van der Waals surface area contributed by atoms with Crippen LogP contribution in [0.3, 0.4) is 0 Å². The number of benzene rings is 1. The number of rotatable bonds is 6. The van der Waals surface area contributed by atoms with Crippen LogP contribution in [-0.4, -0.2) is 38.3 Å². The second-order valence-corrected chi connectivity index (χ2v) is 9.99. The zero-order valence-corrected chi connectivity index (χ0v) is 19.6. The van der Waals surface area contributed by atoms with E-state index < -0.39 is 21.7 Å². The van der Waals surface area contributed by atoms with E-state index in [0.717, 1.165) is 23.4 Å². The number of imidazole rings is 1. The highest BCUT2D eigenvalue weighted by atomic mass is 32.2. The van der Waals surface area contributed by atoms with Crippen LogP contribution in [0.25, 0.3) is 39.3 Å². The third kappa shape index (κ3) is 4.50. The van der Waals surface area contributed by atoms with Crippen LogP contribution in [0, 0.1) is 11.6 Å². The van der Waals surface area contributed by atoms with Gasteiger partial charge in [-0.05, 0) is 42.8 Å². The zero-order valence-electron chi connectivity index (χ0n) is 18.8. The molecule has 0 aliphatic heterocycles. The Balaban J connectivity index is 1.65. The lowest BCUT2D eigenvalue weighted by atomic mass is 10.0. The van der Waals surface area contributed by atoms with Gasteiger partial charge >= 0.3 is 0 Å². The maximum atomic E-state index is 14.5. The van der Waals surface area contributed by atoms with Gasteiger partial charge in [-0.15, -0.1) is 0 Å². The fourth-order valence-electron chi connectivity index (χ4n) is 3.79. The SMILES string of the molecule is CCS(=O)(=O)Nc1cc(-c2ncc(F)cc2F)cc(-c2cnc3cc(-c4cnn(C)c4)ccn23)c1. The molecule has 0 fully saturated rings. The second-order valence-electron chi connectivity index (χ2n) is 7.98. The minimum Gasteiger partial charge on any atom is -0.300 e. The third-order valence-corrected chi connectivity index (χ3v) is 6.82. The molecule has 0 saturated heterocycles. The van der Waals surface area contributed by atoms with Crippen molar-refractivity contribution in [3.05, 3.63) is 79.0 Å². The molecule has 0 aliphatic carbocycles. The molecule has 1 aromatic carbocycles. The maximum absolute atomic E-state index is 14.5. The number of fused-ring (bicyclic) bond motifs is 1. The Morgan fingerprint density at radius 3 is 2.46 bits per heavy atom. The summed E-state index contributed by atoms with van der Waals surface area (Å²) in [4.78, 5) is 8.38. The van der Waals surface area contributed by atoms with Crippen LogP contribution in [0.4, 0.5) is 14.5 Å². The Kier molecular flexibility index (Phi) is 5.56. The van der Waals surface area contributed by atoms with Crippen molar-refractivity contribution in [2.75, 3.05) is 10.5 Å². The smallest absolute Gasteiger partial charge is 0.232 e. The van der Waals surface area contributed by atoms with E-state index in [9.17, 15) is 17.2 Å². The van der Waals surface area contributed by atoms with Gasteiger partial charge in [-0.2, -0.15) is 5.10 Å². The third-order valence-electron chi connectivity index (χ3n) is 5.51. The van der Waals surface area contributed by atoms with Gasteiger partial charge in [-0.3, -0.25) is 18.8 Å². The fraction of sp³-hybridized carbons (Fsp3) is 0.125. The van der Waals surface area contributed by atoms with Gasteiger partial charge in [0.05, 0.1) is 30.0 Å². The fourth-order valence-corrected chi connectivity index (χ4v) is 4.42. The first kappa shape index (κ1) is 22.7. The van der Waals surface area contributed by atoms with Crippen molar-refractivity contribution >= 4 is 21.4 Å². The number of hydrogen-bond acceptors (Lipinski definition) is 5. The van der Waals surface area contributed by atoms with Gasteiger partial charge in [0.1, 0.15) is 17.2 Å². The van der Waals surface area contributed by atoms with Gasteiger partial charge in [0.15, 0.2) is 5.82 Å². The van der Waals surface area contributed by atoms with Crippen molar-refractivity contribution in [1.29, 1.82) is 0 Å². The summed E-state index contributed by atoms with van der Waals surface area (Å²) in [7, 11) is -1.77. The molecule has 0 spiro atoms. The molecule has 0 bridgehead atoms. The van der Waals surface area contributed by atoms with Gasteiger partial charge in [0.2, 0.25) is 10.0 Å². The topological polar surface area (TPSA) is 94.2 Å². The van der Waals surface area contributed by atoms with Crippen molar-refractivity contribution in [2.24, 2.45) is 7.05 Å². The molecule has 5 rings (SSSR count). The van der Waals surface area contributed by atoms with E-state index in [1.807, 2.05) is 36.0 Å². The first-order valence-electron chi connectivity index (χ1n) is 10.7. The minimum absolute atomic E-state index is 0.0992. The number of anilines is 1. The highest BCUT2D eigenvalue weighted by molar-refractivity contribution is 7.92. The van der Waals surface area contributed by atoms with E-state index in [1.165, 1.54) is 13.0 Å². The van der Waals surface area contributed by atoms with Crippen molar-refractivity contribution in [2.45, 2.75) is 6.92 Å². The summed E-state index contributed by atoms with van der Waals surface area (Å²) in [6.45, 7) is 1.51. The number of halogens is 2. The van der Waals surface area contributed by atoms with Crippen molar-refractivity contribution in [3.63, 3.8) is 0 Å². The molecular formula is C24H20F2N6O2S. The van der Waals surface area contributed by atoms with Gasteiger partial charge in [0.25, 0.3) is 0 Å². The van der Waals surface area contributed by atoms with Crippen molar-refractivity contribution in [3.8, 4) is 33.6 Å². The molecule has 0 amide bonds. The van der Waals surface area contributed by atoms with E-state index in [4.69, 9.17) is 0 Å². The van der Waals surface area contributed by atoms with Gasteiger partial charge in [0, 0.05) is 47.9 Å². The lowest BCUT2D eigenvalue weighted by molar-refractivity contribution is 0.576. The van der Waals surface area contributed by atoms with Crippen LogP contribution in [-0.2, 0) is 17.1 Å². The molecule has 0 aliphatic rings. The summed E-state index contributed by atoms with van der Waals surface area (Å²) < 4.78 is 58.5. The summed E-state index contributed by atoms with van der Waals surface area (Å²) in [5.74, 6) is -1.80. The standard InChI is InChI=1S/C24H20F2N6O2S/c1-3-35(33,34)30-20-7-16(6-17(8-20)24-21(26)10-19(25)12-28-24)22-13-27-23-9-15(4-5-32(22)23)18-11-29-31(2)14-18/h4-14,30H,3H2,1-2H3. The van der Waals surface area contributed by atoms with Crippen molar-refractivity contribution < 1.29 is 17.2 Å². The lowest BCUT2D eigenvalue weighted by Crippen LogP contribution is -2.14. The summed E-state index contributed by atoms with van der Waals surface area (Å²) >= 11 is 0. The monoisotopic (exact) mass is 494 g/mol. The van der Waals surface area contributed by atoms with E-state index in [-0.39, 0.29) is 22.7 Å². The molecule has 178 valence electrons. The van der Waals surface area contributed by atoms with Gasteiger partial charge < -0.3 is 0 Å². The molecule has 8 nitrogen and oxygen atoms in total. The van der Waals surface area contributed by atoms with Crippen LogP contribution in [0.2, 0.25) is 0 Å². The normalized spacial score (nSPS) is 11.8. The van der Waals surface area contributed by atoms with Gasteiger partial charge in [-0.1, -0.05) is 0 Å². The molecule has 4 aromatic heterocycles. The average molecular weight is 495 g/mol. The molecule has 0 saturated carbocycles. The number of aromatic nitrogens is 5. The van der Waals surface area contributed by atoms with E-state index in [2.05, 4.69) is 19.8 Å². The highest BCUT2D eigenvalue weighted by Crippen LogP contribution is 2.32. The molecule has 1 N–H and O–H groups in total. The molecule has 5 aromatic rings. The zero-order chi connectivity index (χ0) is 24.7. The quantitative estimate of drug-likeness (QED) is 0.375. The predicted molar refractivity (Wildman–Crippen MR) is 129 cm³/mol. The van der Waals surface area contributed by atoms with Crippen LogP contribution in [0.15, 0.2) is 67.4 Å². The predicted octanol–water partition coefficient (Wildman–Crippen LogP) is 4.50. The molecular weight excluding hydrogens is 474 g/mol. The summed E-state index contributed by atoms with van der Waals surface area (Å²) in [5.41, 5.74) is 4.18. The van der Waals surface area contributed by atoms with E-state index >= 15 is 0 Å². The number of aryl methyl sites for hydroxylation is 1. The molecule has 0 radical (unpaired) electrons.